The van der Waals surface area contributed by atoms with Crippen LogP contribution in [0.25, 0.3) is 10.9 Å². The van der Waals surface area contributed by atoms with Crippen molar-refractivity contribution in [3.8, 4) is 0 Å². The fourth-order valence-electron chi connectivity index (χ4n) is 2.36. The summed E-state index contributed by atoms with van der Waals surface area (Å²) >= 11 is 0. The number of halogens is 2. The molecular weight excluding hydrogens is 406 g/mol. The lowest BCUT2D eigenvalue weighted by Gasteiger charge is -2.11. The standard InChI is InChI=1S/C17H25FN4.HI/c1-3-5-9-20-17(19-4-2)21-10-8-13-12-22-16-7-6-14(18)11-15(13)16;/h6-7,11-12,22H,3-5,8-10H2,1-2H3,(H2,19,20,21);1H. The molecule has 0 saturated carbocycles. The zero-order chi connectivity index (χ0) is 15.8. The van der Waals surface area contributed by atoms with Gasteiger partial charge in [-0.3, -0.25) is 4.99 Å². The van der Waals surface area contributed by atoms with Crippen LogP contribution in [-0.2, 0) is 6.42 Å². The zero-order valence-electron chi connectivity index (χ0n) is 13.8. The van der Waals surface area contributed by atoms with Gasteiger partial charge in [-0.05, 0) is 43.5 Å². The molecule has 1 heterocycles. The summed E-state index contributed by atoms with van der Waals surface area (Å²) in [5.41, 5.74) is 2.09. The normalized spacial score (nSPS) is 11.3. The maximum atomic E-state index is 13.4. The first-order chi connectivity index (χ1) is 10.7. The zero-order valence-corrected chi connectivity index (χ0v) is 16.1. The van der Waals surface area contributed by atoms with E-state index in [2.05, 4.69) is 34.5 Å². The second kappa shape index (κ2) is 10.5. The number of aromatic nitrogens is 1. The number of guanidine groups is 1. The van der Waals surface area contributed by atoms with E-state index in [0.717, 1.165) is 61.3 Å². The first-order valence-corrected chi connectivity index (χ1v) is 8.02. The molecule has 6 heteroatoms. The van der Waals surface area contributed by atoms with Crippen LogP contribution in [0, 0.1) is 5.82 Å². The van der Waals surface area contributed by atoms with Crippen LogP contribution in [0.15, 0.2) is 29.4 Å². The molecule has 0 spiro atoms. The SMILES string of the molecule is CCCCN=C(NCC)NCCc1c[nH]c2ccc(F)cc12.I. The number of aliphatic imine (C=N–C) groups is 1. The second-order valence-electron chi connectivity index (χ2n) is 5.29. The van der Waals surface area contributed by atoms with E-state index in [4.69, 9.17) is 0 Å². The molecule has 0 fully saturated rings. The molecule has 1 aromatic carbocycles. The van der Waals surface area contributed by atoms with Crippen LogP contribution in [-0.4, -0.2) is 30.6 Å². The van der Waals surface area contributed by atoms with Gasteiger partial charge in [0.2, 0.25) is 0 Å². The fourth-order valence-corrected chi connectivity index (χ4v) is 2.36. The first kappa shape index (κ1) is 19.7. The topological polar surface area (TPSA) is 52.2 Å². The van der Waals surface area contributed by atoms with Crippen LogP contribution in [0.1, 0.15) is 32.3 Å². The number of benzene rings is 1. The Morgan fingerprint density at radius 2 is 2.09 bits per heavy atom. The van der Waals surface area contributed by atoms with E-state index in [-0.39, 0.29) is 29.8 Å². The van der Waals surface area contributed by atoms with E-state index in [1.165, 1.54) is 6.07 Å². The molecule has 1 aromatic heterocycles. The van der Waals surface area contributed by atoms with Crippen LogP contribution in [0.3, 0.4) is 0 Å². The smallest absolute Gasteiger partial charge is 0.191 e. The molecule has 128 valence electrons. The van der Waals surface area contributed by atoms with Gasteiger partial charge in [-0.1, -0.05) is 13.3 Å². The Morgan fingerprint density at radius 3 is 2.83 bits per heavy atom. The molecule has 2 rings (SSSR count). The summed E-state index contributed by atoms with van der Waals surface area (Å²) in [6.07, 6.45) is 5.01. The van der Waals surface area contributed by atoms with Gasteiger partial charge in [0.15, 0.2) is 5.96 Å². The third-order valence-electron chi connectivity index (χ3n) is 3.54. The summed E-state index contributed by atoms with van der Waals surface area (Å²) in [5.74, 6) is 0.651. The van der Waals surface area contributed by atoms with E-state index in [9.17, 15) is 4.39 Å². The monoisotopic (exact) mass is 432 g/mol. The molecule has 0 atom stereocenters. The lowest BCUT2D eigenvalue weighted by atomic mass is 10.1. The number of fused-ring (bicyclic) bond motifs is 1. The molecule has 0 saturated heterocycles. The third-order valence-corrected chi connectivity index (χ3v) is 3.54. The van der Waals surface area contributed by atoms with Crippen LogP contribution in [0.5, 0.6) is 0 Å². The Kier molecular flexibility index (Phi) is 8.98. The molecule has 0 bridgehead atoms. The molecule has 0 amide bonds. The van der Waals surface area contributed by atoms with Crippen molar-refractivity contribution in [2.24, 2.45) is 4.99 Å². The minimum Gasteiger partial charge on any atom is -0.361 e. The van der Waals surface area contributed by atoms with E-state index >= 15 is 0 Å². The molecule has 0 unspecified atom stereocenters. The number of aromatic amines is 1. The molecule has 3 N–H and O–H groups in total. The van der Waals surface area contributed by atoms with Crippen LogP contribution < -0.4 is 10.6 Å². The lowest BCUT2D eigenvalue weighted by molar-refractivity contribution is 0.629. The van der Waals surface area contributed by atoms with E-state index in [0.29, 0.717) is 0 Å². The van der Waals surface area contributed by atoms with Crippen LogP contribution in [0.2, 0.25) is 0 Å². The quantitative estimate of drug-likeness (QED) is 0.270. The van der Waals surface area contributed by atoms with Crippen molar-refractivity contribution in [2.75, 3.05) is 19.6 Å². The third kappa shape index (κ3) is 6.01. The molecule has 0 aliphatic heterocycles. The summed E-state index contributed by atoms with van der Waals surface area (Å²) in [7, 11) is 0. The van der Waals surface area contributed by atoms with Crippen molar-refractivity contribution in [3.63, 3.8) is 0 Å². The van der Waals surface area contributed by atoms with Gasteiger partial charge in [-0.25, -0.2) is 4.39 Å². The maximum absolute atomic E-state index is 13.4. The highest BCUT2D eigenvalue weighted by molar-refractivity contribution is 14.0. The summed E-state index contributed by atoms with van der Waals surface area (Å²) in [5, 5.41) is 7.52. The summed E-state index contributed by atoms with van der Waals surface area (Å²) < 4.78 is 13.4. The van der Waals surface area contributed by atoms with Gasteiger partial charge in [0.05, 0.1) is 0 Å². The molecule has 0 radical (unpaired) electrons. The number of nitrogens with zero attached hydrogens (tertiary/aromatic N) is 1. The number of nitrogens with one attached hydrogen (secondary N) is 3. The van der Waals surface area contributed by atoms with Gasteiger partial charge in [0, 0.05) is 36.7 Å². The maximum Gasteiger partial charge on any atom is 0.191 e. The second-order valence-corrected chi connectivity index (χ2v) is 5.29. The van der Waals surface area contributed by atoms with Crippen molar-refractivity contribution in [2.45, 2.75) is 33.1 Å². The Hall–Kier alpha value is -1.31. The molecule has 4 nitrogen and oxygen atoms in total. The van der Waals surface area contributed by atoms with Gasteiger partial charge in [-0.2, -0.15) is 0 Å². The average Bonchev–Trinajstić information content (AvgIpc) is 2.90. The Bertz CT molecular complexity index is 624. The van der Waals surface area contributed by atoms with E-state index < -0.39 is 0 Å². The van der Waals surface area contributed by atoms with E-state index in [1.807, 2.05) is 6.20 Å². The van der Waals surface area contributed by atoms with Crippen molar-refractivity contribution in [1.82, 2.24) is 15.6 Å². The minimum atomic E-state index is -0.198. The Morgan fingerprint density at radius 1 is 1.26 bits per heavy atom. The summed E-state index contributed by atoms with van der Waals surface area (Å²) in [4.78, 5) is 7.71. The lowest BCUT2D eigenvalue weighted by Crippen LogP contribution is -2.38. The predicted octanol–water partition coefficient (Wildman–Crippen LogP) is 3.82. The predicted molar refractivity (Wildman–Crippen MR) is 106 cm³/mol. The van der Waals surface area contributed by atoms with Crippen LogP contribution in [0.4, 0.5) is 4.39 Å². The largest absolute Gasteiger partial charge is 0.361 e. The number of hydrogen-bond donors (Lipinski definition) is 3. The van der Waals surface area contributed by atoms with Gasteiger partial charge in [-0.15, -0.1) is 24.0 Å². The average molecular weight is 432 g/mol. The van der Waals surface area contributed by atoms with Crippen molar-refractivity contribution < 1.29 is 4.39 Å². The molecule has 0 aliphatic rings. The van der Waals surface area contributed by atoms with E-state index in [1.54, 1.807) is 12.1 Å². The van der Waals surface area contributed by atoms with Gasteiger partial charge < -0.3 is 15.6 Å². The first-order valence-electron chi connectivity index (χ1n) is 8.02. The molecule has 23 heavy (non-hydrogen) atoms. The molecular formula is C17H26FIN4. The Balaban J connectivity index is 0.00000264. The summed E-state index contributed by atoms with van der Waals surface area (Å²) in [6, 6.07) is 4.84. The summed E-state index contributed by atoms with van der Waals surface area (Å²) in [6.45, 7) is 6.66. The number of rotatable bonds is 7. The number of hydrogen-bond acceptors (Lipinski definition) is 1. The van der Waals surface area contributed by atoms with Gasteiger partial charge >= 0.3 is 0 Å². The fraction of sp³-hybridized carbons (Fsp3) is 0.471. The highest BCUT2D eigenvalue weighted by Gasteiger charge is 2.05. The van der Waals surface area contributed by atoms with Crippen LogP contribution >= 0.6 is 24.0 Å². The minimum absolute atomic E-state index is 0. The van der Waals surface area contributed by atoms with Gasteiger partial charge in [0.1, 0.15) is 5.82 Å². The molecule has 2 aromatic rings. The molecule has 0 aliphatic carbocycles. The highest BCUT2D eigenvalue weighted by atomic mass is 127. The number of unbranched alkanes of at least 4 members (excludes halogenated alkanes) is 1. The Labute approximate surface area is 154 Å². The highest BCUT2D eigenvalue weighted by Crippen LogP contribution is 2.19. The number of H-pyrrole nitrogens is 1. The van der Waals surface area contributed by atoms with Crippen molar-refractivity contribution >= 4 is 40.8 Å². The van der Waals surface area contributed by atoms with Crippen molar-refractivity contribution in [1.29, 1.82) is 0 Å². The van der Waals surface area contributed by atoms with Crippen molar-refractivity contribution in [3.05, 3.63) is 35.8 Å². The van der Waals surface area contributed by atoms with Gasteiger partial charge in [0.25, 0.3) is 0 Å².